The molecule has 12 rings (SSSR count). The van der Waals surface area contributed by atoms with Crippen LogP contribution in [-0.2, 0) is 5.41 Å². The Kier molecular flexibility index (Phi) is 6.57. The van der Waals surface area contributed by atoms with Gasteiger partial charge in [0.25, 0.3) is 0 Å². The van der Waals surface area contributed by atoms with E-state index in [1.165, 1.54) is 11.1 Å². The largest absolute Gasteiger partial charge is 0.308 e. The van der Waals surface area contributed by atoms with Gasteiger partial charge in [-0.05, 0) is 58.7 Å². The lowest BCUT2D eigenvalue weighted by atomic mass is 9.82. The summed E-state index contributed by atoms with van der Waals surface area (Å²) in [5.74, 6) is 0.219. The second-order valence-corrected chi connectivity index (χ2v) is 16.0. The Morgan fingerprint density at radius 1 is 0.375 bits per heavy atom. The summed E-state index contributed by atoms with van der Waals surface area (Å²) in [5, 5.41) is 1.99. The minimum Gasteiger partial charge on any atom is -0.308 e. The van der Waals surface area contributed by atoms with E-state index in [1.54, 1.807) is 18.2 Å². The Bertz CT molecular complexity index is 4130. The minimum atomic E-state index is -0.560. The highest BCUT2D eigenvalue weighted by Gasteiger charge is 2.36. The monoisotopic (exact) mass is 831 g/mol. The number of benzene rings is 8. The van der Waals surface area contributed by atoms with Crippen molar-refractivity contribution in [2.24, 2.45) is 0 Å². The average Bonchev–Trinajstić information content (AvgIpc) is 3.91. The zero-order chi connectivity index (χ0) is 51.5. The molecule has 0 unspecified atom stereocenters. The molecule has 3 heterocycles. The molecule has 11 aromatic rings. The Balaban J connectivity index is 1.20. The van der Waals surface area contributed by atoms with Crippen molar-refractivity contribution in [3.8, 4) is 85.1 Å². The van der Waals surface area contributed by atoms with Crippen LogP contribution in [0.3, 0.4) is 0 Å². The molecular formula is C57H39N7. The third-order valence-electron chi connectivity index (χ3n) is 11.9. The Hall–Kier alpha value is -8.42. The van der Waals surface area contributed by atoms with Crippen LogP contribution in [0.5, 0.6) is 0 Å². The highest BCUT2D eigenvalue weighted by molar-refractivity contribution is 6.12. The van der Waals surface area contributed by atoms with E-state index >= 15 is 0 Å². The van der Waals surface area contributed by atoms with Crippen LogP contribution in [0.1, 0.15) is 38.7 Å². The van der Waals surface area contributed by atoms with Crippen molar-refractivity contribution >= 4 is 21.8 Å². The van der Waals surface area contributed by atoms with Crippen molar-refractivity contribution in [1.82, 2.24) is 34.5 Å². The summed E-state index contributed by atoms with van der Waals surface area (Å²) >= 11 is 0. The second-order valence-electron chi connectivity index (χ2n) is 16.0. The summed E-state index contributed by atoms with van der Waals surface area (Å²) in [6.07, 6.45) is 0. The lowest BCUT2D eigenvalue weighted by Crippen LogP contribution is -2.14. The number of hydrogen-bond acceptors (Lipinski definition) is 6. The average molecular weight is 832 g/mol. The first-order valence-electron chi connectivity index (χ1n) is 25.7. The van der Waals surface area contributed by atoms with Crippen LogP contribution in [0, 0.1) is 0 Å². The molecule has 7 heteroatoms. The fourth-order valence-corrected chi connectivity index (χ4v) is 8.85. The van der Waals surface area contributed by atoms with Gasteiger partial charge in [0, 0.05) is 49.6 Å². The fraction of sp³-hybridized carbons (Fsp3) is 0.0526. The van der Waals surface area contributed by atoms with E-state index in [0.717, 1.165) is 32.9 Å². The summed E-state index contributed by atoms with van der Waals surface area (Å²) in [6.45, 7) is 4.48. The molecule has 0 bridgehead atoms. The molecule has 0 N–H and O–H groups in total. The van der Waals surface area contributed by atoms with Crippen molar-refractivity contribution in [2.75, 3.05) is 0 Å². The first-order valence-corrected chi connectivity index (χ1v) is 20.7. The van der Waals surface area contributed by atoms with Gasteiger partial charge in [-0.25, -0.2) is 29.9 Å². The number of hydrogen-bond donors (Lipinski definition) is 0. The topological polar surface area (TPSA) is 82.3 Å². The van der Waals surface area contributed by atoms with E-state index in [9.17, 15) is 0 Å². The summed E-state index contributed by atoms with van der Waals surface area (Å²) in [7, 11) is 0. The van der Waals surface area contributed by atoms with E-state index in [1.807, 2.05) is 84.9 Å². The molecule has 0 aliphatic heterocycles. The SMILES string of the molecule is [2H]c1c([2H])c([2H])c(-c2nc(-c3ccccc3)nc(-c3ccc(-n4c5ccccc5c5cc6c(cc54)-c4ccccc4C6(C)C)c(-c4nc(-c5ccccc5)nc(-c5c([2H])c([2H])c([2H])c([2H])c5[2H])n4)c3)n2)c([2H])c1[2H]. The van der Waals surface area contributed by atoms with Gasteiger partial charge >= 0.3 is 0 Å². The molecule has 3 aromatic heterocycles. The lowest BCUT2D eigenvalue weighted by molar-refractivity contribution is 0.661. The molecular weight excluding hydrogens is 783 g/mol. The van der Waals surface area contributed by atoms with Crippen molar-refractivity contribution < 1.29 is 13.7 Å². The van der Waals surface area contributed by atoms with E-state index in [-0.39, 0.29) is 51.5 Å². The van der Waals surface area contributed by atoms with Crippen LogP contribution >= 0.6 is 0 Å². The van der Waals surface area contributed by atoms with E-state index in [2.05, 4.69) is 54.8 Å². The highest BCUT2D eigenvalue weighted by atomic mass is 15.1. The Labute approximate surface area is 384 Å². The van der Waals surface area contributed by atoms with Crippen LogP contribution in [0.15, 0.2) is 200 Å². The molecule has 1 aliphatic carbocycles. The zero-order valence-electron chi connectivity index (χ0n) is 44.4. The molecule has 8 aromatic carbocycles. The standard InChI is InChI=1S/C57H39N7/c1-57(2)46-29-17-15-27-41(46)43-35-50-44(34-47(43)57)42-28-16-18-30-48(42)64(50)49-32-31-40(55-60-51(36-19-7-3-8-20-36)58-52(61-55)37-21-9-4-10-22-37)33-45(49)56-62-53(38-23-11-5-12-24-38)59-54(63-56)39-25-13-6-14-26-39/h3-35H,1-2H3/i3D,5D,7D,8D,11D,12D,19D,20D,23D,24D. The molecule has 7 nitrogen and oxygen atoms in total. The number of aromatic nitrogens is 7. The molecule has 0 atom stereocenters. The molecule has 1 aliphatic rings. The normalized spacial score (nSPS) is 14.8. The zero-order valence-corrected chi connectivity index (χ0v) is 34.4. The van der Waals surface area contributed by atoms with Crippen LogP contribution in [-0.4, -0.2) is 34.5 Å². The summed E-state index contributed by atoms with van der Waals surface area (Å²) in [4.78, 5) is 29.5. The molecule has 0 fully saturated rings. The number of rotatable bonds is 7. The maximum atomic E-state index is 9.04. The van der Waals surface area contributed by atoms with Crippen LogP contribution < -0.4 is 0 Å². The van der Waals surface area contributed by atoms with E-state index in [4.69, 9.17) is 43.6 Å². The minimum absolute atomic E-state index is 0.0827. The van der Waals surface area contributed by atoms with E-state index < -0.39 is 60.4 Å². The van der Waals surface area contributed by atoms with Crippen LogP contribution in [0.25, 0.3) is 107 Å². The van der Waals surface area contributed by atoms with Gasteiger partial charge in [-0.2, -0.15) is 0 Å². The van der Waals surface area contributed by atoms with Crippen molar-refractivity contribution in [1.29, 1.82) is 0 Å². The van der Waals surface area contributed by atoms with Gasteiger partial charge in [0.15, 0.2) is 34.9 Å². The van der Waals surface area contributed by atoms with Gasteiger partial charge < -0.3 is 4.57 Å². The summed E-state index contributed by atoms with van der Waals surface area (Å²) in [5.41, 5.74) is 8.25. The third-order valence-corrected chi connectivity index (χ3v) is 11.9. The molecule has 0 amide bonds. The first kappa shape index (κ1) is 28.2. The fourth-order valence-electron chi connectivity index (χ4n) is 8.85. The van der Waals surface area contributed by atoms with E-state index in [0.29, 0.717) is 27.9 Å². The number of fused-ring (bicyclic) bond motifs is 6. The summed E-state index contributed by atoms with van der Waals surface area (Å²) in [6, 6.07) is 39.5. The van der Waals surface area contributed by atoms with Crippen molar-refractivity contribution in [2.45, 2.75) is 19.3 Å². The second kappa shape index (κ2) is 14.9. The lowest BCUT2D eigenvalue weighted by Gasteiger charge is -2.21. The summed E-state index contributed by atoms with van der Waals surface area (Å²) < 4.78 is 89.0. The van der Waals surface area contributed by atoms with Crippen LogP contribution in [0.4, 0.5) is 0 Å². The highest BCUT2D eigenvalue weighted by Crippen LogP contribution is 2.51. The van der Waals surface area contributed by atoms with Gasteiger partial charge in [-0.15, -0.1) is 0 Å². The number of para-hydroxylation sites is 1. The third kappa shape index (κ3) is 6.20. The maximum absolute atomic E-state index is 9.04. The Morgan fingerprint density at radius 2 is 0.891 bits per heavy atom. The quantitative estimate of drug-likeness (QED) is 0.159. The molecule has 64 heavy (non-hydrogen) atoms. The van der Waals surface area contributed by atoms with Gasteiger partial charge in [-0.3, -0.25) is 0 Å². The predicted octanol–water partition coefficient (Wildman–Crippen LogP) is 13.5. The molecule has 0 saturated carbocycles. The van der Waals surface area contributed by atoms with Crippen LogP contribution in [0.2, 0.25) is 0 Å². The van der Waals surface area contributed by atoms with Crippen molar-refractivity contribution in [3.63, 3.8) is 0 Å². The maximum Gasteiger partial charge on any atom is 0.166 e. The Morgan fingerprint density at radius 3 is 1.52 bits per heavy atom. The molecule has 0 saturated heterocycles. The number of nitrogens with zero attached hydrogens (tertiary/aromatic N) is 7. The molecule has 0 radical (unpaired) electrons. The predicted molar refractivity (Wildman–Crippen MR) is 258 cm³/mol. The smallest absolute Gasteiger partial charge is 0.166 e. The molecule has 302 valence electrons. The van der Waals surface area contributed by atoms with Gasteiger partial charge in [-0.1, -0.05) is 177 Å². The van der Waals surface area contributed by atoms with Crippen molar-refractivity contribution in [3.05, 3.63) is 211 Å². The first-order chi connectivity index (χ1) is 35.6. The van der Waals surface area contributed by atoms with Gasteiger partial charge in [0.05, 0.1) is 30.4 Å². The van der Waals surface area contributed by atoms with Gasteiger partial charge in [0.2, 0.25) is 0 Å². The molecule has 0 spiro atoms. The van der Waals surface area contributed by atoms with Gasteiger partial charge in [0.1, 0.15) is 0 Å².